The zero-order chi connectivity index (χ0) is 13.3. The zero-order valence-electron chi connectivity index (χ0n) is 10.9. The molecule has 0 saturated heterocycles. The van der Waals surface area contributed by atoms with Crippen LogP contribution in [0.4, 0.5) is 0 Å². The van der Waals surface area contributed by atoms with Crippen molar-refractivity contribution in [3.8, 4) is 0 Å². The van der Waals surface area contributed by atoms with Crippen LogP contribution in [0.3, 0.4) is 0 Å². The molecule has 0 unspecified atom stereocenters. The summed E-state index contributed by atoms with van der Waals surface area (Å²) in [7, 11) is 0. The second-order valence-corrected chi connectivity index (χ2v) is 4.37. The summed E-state index contributed by atoms with van der Waals surface area (Å²) in [5.41, 5.74) is 1.17. The van der Waals surface area contributed by atoms with Gasteiger partial charge < -0.3 is 14.9 Å². The number of hydrogen-bond donors (Lipinski definition) is 2. The molecule has 2 aromatic rings. The molecule has 1 aromatic carbocycles. The Kier molecular flexibility index (Phi) is 5.52. The number of aliphatic hydroxyl groups excluding tert-OH is 1. The van der Waals surface area contributed by atoms with Crippen LogP contribution in [0.2, 0.25) is 0 Å². The van der Waals surface area contributed by atoms with Crippen molar-refractivity contribution >= 4 is 0 Å². The molecule has 2 N–H and O–H groups in total. The zero-order valence-corrected chi connectivity index (χ0v) is 10.9. The van der Waals surface area contributed by atoms with Crippen molar-refractivity contribution in [3.05, 3.63) is 47.6 Å². The summed E-state index contributed by atoms with van der Waals surface area (Å²) in [6.45, 7) is 1.66. The smallest absolute Gasteiger partial charge is 0.240 e. The van der Waals surface area contributed by atoms with Crippen molar-refractivity contribution in [2.24, 2.45) is 0 Å². The molecule has 5 heteroatoms. The highest BCUT2D eigenvalue weighted by Gasteiger charge is 2.06. The highest BCUT2D eigenvalue weighted by atomic mass is 16.5. The van der Waals surface area contributed by atoms with E-state index in [1.54, 1.807) is 0 Å². The molecule has 0 radical (unpaired) electrons. The predicted molar refractivity (Wildman–Crippen MR) is 71.6 cm³/mol. The fraction of sp³-hybridized carbons (Fsp3) is 0.429. The van der Waals surface area contributed by atoms with Crippen molar-refractivity contribution in [2.75, 3.05) is 13.2 Å². The van der Waals surface area contributed by atoms with E-state index < -0.39 is 0 Å². The fourth-order valence-electron chi connectivity index (χ4n) is 1.77. The van der Waals surface area contributed by atoms with Gasteiger partial charge in [0.15, 0.2) is 5.82 Å². The van der Waals surface area contributed by atoms with Gasteiger partial charge in [0, 0.05) is 13.0 Å². The van der Waals surface area contributed by atoms with Crippen molar-refractivity contribution < 1.29 is 9.63 Å². The van der Waals surface area contributed by atoms with Crippen LogP contribution in [0.25, 0.3) is 0 Å². The third kappa shape index (κ3) is 4.81. The van der Waals surface area contributed by atoms with Gasteiger partial charge in [0.2, 0.25) is 5.89 Å². The van der Waals surface area contributed by atoms with Gasteiger partial charge in [-0.15, -0.1) is 0 Å². The lowest BCUT2D eigenvalue weighted by atomic mass is 10.1. The van der Waals surface area contributed by atoms with Crippen LogP contribution in [0.15, 0.2) is 34.9 Å². The van der Waals surface area contributed by atoms with Gasteiger partial charge in [-0.3, -0.25) is 0 Å². The molecule has 2 rings (SSSR count). The van der Waals surface area contributed by atoms with E-state index in [0.717, 1.165) is 19.4 Å². The van der Waals surface area contributed by atoms with Crippen LogP contribution in [0.1, 0.15) is 30.1 Å². The minimum absolute atomic E-state index is 0.240. The first-order valence-corrected chi connectivity index (χ1v) is 6.55. The lowest BCUT2D eigenvalue weighted by Gasteiger charge is -1.99. The summed E-state index contributed by atoms with van der Waals surface area (Å²) in [5.74, 6) is 1.31. The van der Waals surface area contributed by atoms with Crippen LogP contribution < -0.4 is 5.32 Å². The van der Waals surface area contributed by atoms with Gasteiger partial charge in [-0.2, -0.15) is 4.98 Å². The Morgan fingerprint density at radius 3 is 2.79 bits per heavy atom. The summed E-state index contributed by atoms with van der Waals surface area (Å²) in [4.78, 5) is 4.33. The molecule has 102 valence electrons. The number of aromatic nitrogens is 2. The average molecular weight is 261 g/mol. The monoisotopic (exact) mass is 261 g/mol. The molecule has 0 aliphatic heterocycles. The molecular formula is C14H19N3O2. The maximum absolute atomic E-state index is 8.66. The van der Waals surface area contributed by atoms with Crippen LogP contribution in [0.5, 0.6) is 0 Å². The topological polar surface area (TPSA) is 71.2 Å². The molecule has 0 fully saturated rings. The Labute approximate surface area is 112 Å². The van der Waals surface area contributed by atoms with Gasteiger partial charge in [-0.05, 0) is 24.9 Å². The van der Waals surface area contributed by atoms with E-state index in [4.69, 9.17) is 9.63 Å². The summed E-state index contributed by atoms with van der Waals surface area (Å²) in [6, 6.07) is 10.1. The lowest BCUT2D eigenvalue weighted by molar-refractivity contribution is 0.283. The van der Waals surface area contributed by atoms with Crippen molar-refractivity contribution in [2.45, 2.75) is 25.8 Å². The van der Waals surface area contributed by atoms with E-state index in [9.17, 15) is 0 Å². The second kappa shape index (κ2) is 7.66. The second-order valence-electron chi connectivity index (χ2n) is 4.37. The number of nitrogens with zero attached hydrogens (tertiary/aromatic N) is 2. The van der Waals surface area contributed by atoms with Crippen LogP contribution in [-0.2, 0) is 13.0 Å². The average Bonchev–Trinajstić information content (AvgIpc) is 2.87. The maximum atomic E-state index is 8.66. The molecule has 19 heavy (non-hydrogen) atoms. The van der Waals surface area contributed by atoms with Gasteiger partial charge in [0.25, 0.3) is 0 Å². The normalized spacial score (nSPS) is 10.8. The fourth-order valence-corrected chi connectivity index (χ4v) is 1.77. The molecule has 0 amide bonds. The lowest BCUT2D eigenvalue weighted by Crippen LogP contribution is -2.15. The predicted octanol–water partition coefficient (Wildman–Crippen LogP) is 1.52. The number of nitrogens with one attached hydrogen (secondary N) is 1. The quantitative estimate of drug-likeness (QED) is 0.705. The van der Waals surface area contributed by atoms with Crippen LogP contribution in [0, 0.1) is 0 Å². The summed E-state index contributed by atoms with van der Waals surface area (Å²) in [5, 5.41) is 15.8. The van der Waals surface area contributed by atoms with Crippen molar-refractivity contribution in [1.82, 2.24) is 15.5 Å². The minimum Gasteiger partial charge on any atom is -0.396 e. The van der Waals surface area contributed by atoms with Gasteiger partial charge in [0.1, 0.15) is 0 Å². The molecule has 1 aromatic heterocycles. The van der Waals surface area contributed by atoms with E-state index in [-0.39, 0.29) is 6.61 Å². The molecule has 0 aliphatic rings. The molecule has 0 aliphatic carbocycles. The van der Waals surface area contributed by atoms with E-state index in [1.165, 1.54) is 5.56 Å². The SMILES string of the molecule is OCCCCNCc1nc(Cc2ccccc2)no1. The van der Waals surface area contributed by atoms with E-state index >= 15 is 0 Å². The third-order valence-corrected chi connectivity index (χ3v) is 2.75. The Bertz CT molecular complexity index is 471. The number of unbranched alkanes of at least 4 members (excludes halogenated alkanes) is 1. The highest BCUT2D eigenvalue weighted by Crippen LogP contribution is 2.06. The molecule has 0 atom stereocenters. The highest BCUT2D eigenvalue weighted by molar-refractivity contribution is 5.18. The van der Waals surface area contributed by atoms with Crippen LogP contribution in [-0.4, -0.2) is 28.4 Å². The van der Waals surface area contributed by atoms with Gasteiger partial charge in [-0.1, -0.05) is 35.5 Å². The number of hydrogen-bond acceptors (Lipinski definition) is 5. The Morgan fingerprint density at radius 1 is 1.16 bits per heavy atom. The molecule has 5 nitrogen and oxygen atoms in total. The first-order chi connectivity index (χ1) is 9.38. The van der Waals surface area contributed by atoms with E-state index in [0.29, 0.717) is 24.7 Å². The van der Waals surface area contributed by atoms with Crippen molar-refractivity contribution in [3.63, 3.8) is 0 Å². The molecular weight excluding hydrogens is 242 g/mol. The first kappa shape index (κ1) is 13.7. The molecule has 0 saturated carbocycles. The van der Waals surface area contributed by atoms with E-state index in [2.05, 4.69) is 15.5 Å². The molecule has 0 bridgehead atoms. The van der Waals surface area contributed by atoms with Gasteiger partial charge in [0.05, 0.1) is 6.54 Å². The first-order valence-electron chi connectivity index (χ1n) is 6.55. The summed E-state index contributed by atoms with van der Waals surface area (Å²) < 4.78 is 5.17. The Hall–Kier alpha value is -1.72. The van der Waals surface area contributed by atoms with Crippen molar-refractivity contribution in [1.29, 1.82) is 0 Å². The Balaban J connectivity index is 1.76. The minimum atomic E-state index is 0.240. The third-order valence-electron chi connectivity index (χ3n) is 2.75. The summed E-state index contributed by atoms with van der Waals surface area (Å²) in [6.07, 6.45) is 2.45. The number of aliphatic hydroxyl groups is 1. The van der Waals surface area contributed by atoms with Gasteiger partial charge in [-0.25, -0.2) is 0 Å². The number of benzene rings is 1. The largest absolute Gasteiger partial charge is 0.396 e. The summed E-state index contributed by atoms with van der Waals surface area (Å²) >= 11 is 0. The number of rotatable bonds is 8. The standard InChI is InChI=1S/C14H19N3O2/c18-9-5-4-8-15-11-14-16-13(17-19-14)10-12-6-2-1-3-7-12/h1-3,6-7,15,18H,4-5,8-11H2. The molecule has 0 spiro atoms. The Morgan fingerprint density at radius 2 is 2.00 bits per heavy atom. The van der Waals surface area contributed by atoms with E-state index in [1.807, 2.05) is 30.3 Å². The van der Waals surface area contributed by atoms with Crippen LogP contribution >= 0.6 is 0 Å². The maximum Gasteiger partial charge on any atom is 0.240 e. The van der Waals surface area contributed by atoms with Gasteiger partial charge >= 0.3 is 0 Å². The molecule has 1 heterocycles.